The van der Waals surface area contributed by atoms with Crippen molar-refractivity contribution in [3.8, 4) is 11.6 Å². The van der Waals surface area contributed by atoms with Gasteiger partial charge in [-0.2, -0.15) is 17.9 Å². The van der Waals surface area contributed by atoms with Gasteiger partial charge in [-0.15, -0.1) is 5.10 Å². The van der Waals surface area contributed by atoms with Crippen LogP contribution in [0.5, 0.6) is 5.88 Å². The van der Waals surface area contributed by atoms with Gasteiger partial charge >= 0.3 is 6.18 Å². The molecule has 1 N–H and O–H groups in total. The molecule has 1 aromatic carbocycles. The van der Waals surface area contributed by atoms with Crippen LogP contribution in [0, 0.1) is 11.7 Å². The molecule has 3 aromatic rings. The highest BCUT2D eigenvalue weighted by atomic mass is 19.4. The molecule has 0 radical (unpaired) electrons. The first-order chi connectivity index (χ1) is 19.8. The fraction of sp³-hybridized carbons (Fsp3) is 0.517. The molecule has 1 aliphatic heterocycles. The van der Waals surface area contributed by atoms with Crippen molar-refractivity contribution in [1.29, 1.82) is 0 Å². The second-order valence-corrected chi connectivity index (χ2v) is 11.8. The highest BCUT2D eigenvalue weighted by molar-refractivity contribution is 5.74. The van der Waals surface area contributed by atoms with Crippen molar-refractivity contribution in [2.24, 2.45) is 5.92 Å². The van der Waals surface area contributed by atoms with Crippen molar-refractivity contribution in [2.75, 3.05) is 19.8 Å². The summed E-state index contributed by atoms with van der Waals surface area (Å²) < 4.78 is 81.2. The number of hydrogen-bond donors (Lipinski definition) is 1. The largest absolute Gasteiger partial charge is 0.475 e. The van der Waals surface area contributed by atoms with Gasteiger partial charge in [0.1, 0.15) is 12.5 Å². The monoisotopic (exact) mass is 592 g/mol. The van der Waals surface area contributed by atoms with Crippen molar-refractivity contribution in [1.82, 2.24) is 30.5 Å². The number of pyridine rings is 1. The van der Waals surface area contributed by atoms with E-state index in [2.05, 4.69) is 25.8 Å². The van der Waals surface area contributed by atoms with Gasteiger partial charge in [-0.05, 0) is 98.8 Å². The summed E-state index contributed by atoms with van der Waals surface area (Å²) in [6.07, 6.45) is -0.425. The molecule has 2 aromatic heterocycles. The highest BCUT2D eigenvalue weighted by Crippen LogP contribution is 2.54. The number of halogens is 5. The zero-order valence-corrected chi connectivity index (χ0v) is 23.8. The van der Waals surface area contributed by atoms with Gasteiger partial charge in [0.15, 0.2) is 0 Å². The molecule has 3 atom stereocenters. The summed E-state index contributed by atoms with van der Waals surface area (Å²) in [7, 11) is 0. The standard InChI is InChI=1S/C29H33F5N6O2/c1-17(2)42-25-23(11-22(14-35-25)40-26(29(32,33)34)37-38-39-40)20-12-28(41-15-20)10-9-19(13-36-27(3,4)16-30)24(28)18-5-7-21(31)8-6-18/h5-8,11-12,14,17,19,24,36H,9-10,13,15-16H2,1-4H3/t19-,24-,28+/m1/s1. The second-order valence-electron chi connectivity index (χ2n) is 11.8. The highest BCUT2D eigenvalue weighted by Gasteiger charge is 2.51. The van der Waals surface area contributed by atoms with Crippen LogP contribution in [0.25, 0.3) is 11.3 Å². The van der Waals surface area contributed by atoms with Gasteiger partial charge in [-0.1, -0.05) is 12.1 Å². The second kappa shape index (κ2) is 11.3. The zero-order valence-electron chi connectivity index (χ0n) is 23.8. The third-order valence-electron chi connectivity index (χ3n) is 7.72. The lowest BCUT2D eigenvalue weighted by atomic mass is 9.79. The van der Waals surface area contributed by atoms with Crippen molar-refractivity contribution < 1.29 is 31.4 Å². The molecule has 1 fully saturated rings. The Morgan fingerprint density at radius 1 is 1.19 bits per heavy atom. The lowest BCUT2D eigenvalue weighted by Crippen LogP contribution is -2.45. The lowest BCUT2D eigenvalue weighted by molar-refractivity contribution is -0.146. The Morgan fingerprint density at radius 3 is 2.60 bits per heavy atom. The molecule has 8 nitrogen and oxygen atoms in total. The van der Waals surface area contributed by atoms with Crippen molar-refractivity contribution in [3.05, 3.63) is 65.4 Å². The molecule has 0 unspecified atom stereocenters. The Bertz CT molecular complexity index is 1440. The van der Waals surface area contributed by atoms with E-state index in [0.717, 1.165) is 12.0 Å². The molecular weight excluding hydrogens is 559 g/mol. The predicted octanol–water partition coefficient (Wildman–Crippen LogP) is 5.69. The molecule has 0 bridgehead atoms. The van der Waals surface area contributed by atoms with Crippen LogP contribution in [0.3, 0.4) is 0 Å². The van der Waals surface area contributed by atoms with Gasteiger partial charge in [0, 0.05) is 17.0 Å². The first-order valence-electron chi connectivity index (χ1n) is 13.8. The Balaban J connectivity index is 1.56. The average Bonchev–Trinajstić information content (AvgIpc) is 3.67. The molecule has 1 saturated carbocycles. The normalized spacial score (nSPS) is 22.8. The summed E-state index contributed by atoms with van der Waals surface area (Å²) >= 11 is 0. The third kappa shape index (κ3) is 6.03. The smallest absolute Gasteiger partial charge is 0.453 e. The van der Waals surface area contributed by atoms with E-state index in [0.29, 0.717) is 28.8 Å². The molecule has 42 heavy (non-hydrogen) atoms. The van der Waals surface area contributed by atoms with Crippen molar-refractivity contribution in [2.45, 2.75) is 69.9 Å². The number of ether oxygens (including phenoxy) is 2. The van der Waals surface area contributed by atoms with Gasteiger partial charge in [0.2, 0.25) is 5.88 Å². The summed E-state index contributed by atoms with van der Waals surface area (Å²) in [6, 6.07) is 7.80. The number of aromatic nitrogens is 5. The topological polar surface area (TPSA) is 87.0 Å². The molecule has 226 valence electrons. The third-order valence-corrected chi connectivity index (χ3v) is 7.72. The van der Waals surface area contributed by atoms with Crippen LogP contribution >= 0.6 is 0 Å². The maximum absolute atomic E-state index is 13.9. The Kier molecular flexibility index (Phi) is 8.10. The minimum Gasteiger partial charge on any atom is -0.475 e. The minimum absolute atomic E-state index is 0.0114. The maximum Gasteiger partial charge on any atom is 0.453 e. The number of nitrogens with zero attached hydrogens (tertiary/aromatic N) is 5. The van der Waals surface area contributed by atoms with E-state index in [9.17, 15) is 22.0 Å². The summed E-state index contributed by atoms with van der Waals surface area (Å²) in [6.45, 7) is 7.36. The first kappa shape index (κ1) is 30.0. The quantitative estimate of drug-likeness (QED) is 0.320. The number of hydrogen-bond acceptors (Lipinski definition) is 7. The van der Waals surface area contributed by atoms with Crippen molar-refractivity contribution in [3.63, 3.8) is 0 Å². The van der Waals surface area contributed by atoms with E-state index in [-0.39, 0.29) is 41.9 Å². The number of benzene rings is 1. The number of nitrogens with one attached hydrogen (secondary N) is 1. The van der Waals surface area contributed by atoms with Crippen LogP contribution in [0.15, 0.2) is 42.6 Å². The minimum atomic E-state index is -4.78. The molecule has 1 spiro atoms. The fourth-order valence-corrected chi connectivity index (χ4v) is 5.74. The van der Waals surface area contributed by atoms with E-state index in [1.165, 1.54) is 24.4 Å². The Morgan fingerprint density at radius 2 is 1.93 bits per heavy atom. The first-order valence-corrected chi connectivity index (χ1v) is 13.8. The van der Waals surface area contributed by atoms with Crippen LogP contribution in [0.2, 0.25) is 0 Å². The molecular formula is C29H33F5N6O2. The summed E-state index contributed by atoms with van der Waals surface area (Å²) in [5, 5.41) is 13.2. The predicted molar refractivity (Wildman–Crippen MR) is 144 cm³/mol. The van der Waals surface area contributed by atoms with Crippen LogP contribution in [0.1, 0.15) is 63.4 Å². The van der Waals surface area contributed by atoms with Gasteiger partial charge in [0.05, 0.1) is 30.2 Å². The molecule has 13 heteroatoms. The van der Waals surface area contributed by atoms with Crippen molar-refractivity contribution >= 4 is 5.57 Å². The average molecular weight is 593 g/mol. The van der Waals surface area contributed by atoms with Crippen LogP contribution in [-0.2, 0) is 10.9 Å². The SMILES string of the molecule is CC(C)Oc1ncc(-n2nnnc2C(F)(F)F)cc1C1=C[C@]2(CC[C@H](CNC(C)(C)CF)[C@H]2c2ccc(F)cc2)OC1. The van der Waals surface area contributed by atoms with Crippen LogP contribution in [0.4, 0.5) is 22.0 Å². The Labute approximate surface area is 240 Å². The molecule has 3 heterocycles. The number of alkyl halides is 4. The molecule has 5 rings (SSSR count). The van der Waals surface area contributed by atoms with E-state index >= 15 is 0 Å². The van der Waals surface area contributed by atoms with Crippen LogP contribution in [-0.4, -0.2) is 62.3 Å². The summed E-state index contributed by atoms with van der Waals surface area (Å²) in [5.41, 5.74) is 0.548. The lowest BCUT2D eigenvalue weighted by Gasteiger charge is -2.34. The number of tetrazole rings is 1. The fourth-order valence-electron chi connectivity index (χ4n) is 5.74. The van der Waals surface area contributed by atoms with Gasteiger partial charge < -0.3 is 14.8 Å². The summed E-state index contributed by atoms with van der Waals surface area (Å²) in [4.78, 5) is 4.34. The summed E-state index contributed by atoms with van der Waals surface area (Å²) in [5.74, 6) is -1.55. The maximum atomic E-state index is 13.9. The molecule has 1 aliphatic carbocycles. The van der Waals surface area contributed by atoms with E-state index in [4.69, 9.17) is 9.47 Å². The van der Waals surface area contributed by atoms with E-state index < -0.39 is 29.8 Å². The van der Waals surface area contributed by atoms with Crippen LogP contribution < -0.4 is 10.1 Å². The van der Waals surface area contributed by atoms with E-state index in [1.807, 2.05) is 19.9 Å². The Hall–Kier alpha value is -3.45. The van der Waals surface area contributed by atoms with Gasteiger partial charge in [-0.3, -0.25) is 0 Å². The van der Waals surface area contributed by atoms with E-state index in [1.54, 1.807) is 26.0 Å². The number of rotatable bonds is 9. The molecule has 0 saturated heterocycles. The van der Waals surface area contributed by atoms with Gasteiger partial charge in [0.25, 0.3) is 5.82 Å². The zero-order chi connectivity index (χ0) is 30.3. The molecule has 0 amide bonds. The van der Waals surface area contributed by atoms with Gasteiger partial charge in [-0.25, -0.2) is 13.8 Å². The molecule has 2 aliphatic rings.